The van der Waals surface area contributed by atoms with Crippen molar-refractivity contribution >= 4 is 15.9 Å². The van der Waals surface area contributed by atoms with Crippen LogP contribution < -0.4 is 4.74 Å². The van der Waals surface area contributed by atoms with Gasteiger partial charge in [-0.3, -0.25) is 4.98 Å². The van der Waals surface area contributed by atoms with Crippen molar-refractivity contribution in [2.24, 2.45) is 0 Å². The SMILES string of the molecule is C[C@@H](O)c1ccc(Oc2cccc(Br)c2)cn1. The fraction of sp³-hybridized carbons (Fsp3) is 0.154. The number of aliphatic hydroxyl groups is 1. The first-order chi connectivity index (χ1) is 8.15. The summed E-state index contributed by atoms with van der Waals surface area (Å²) >= 11 is 3.38. The average Bonchev–Trinajstić information content (AvgIpc) is 2.29. The van der Waals surface area contributed by atoms with E-state index in [-0.39, 0.29) is 0 Å². The van der Waals surface area contributed by atoms with Gasteiger partial charge < -0.3 is 9.84 Å². The largest absolute Gasteiger partial charge is 0.456 e. The number of aliphatic hydroxyl groups excluding tert-OH is 1. The third-order valence-corrected chi connectivity index (χ3v) is 2.71. The van der Waals surface area contributed by atoms with E-state index >= 15 is 0 Å². The molecule has 2 rings (SSSR count). The van der Waals surface area contributed by atoms with Crippen molar-refractivity contribution in [1.29, 1.82) is 0 Å². The second-order valence-electron chi connectivity index (χ2n) is 3.65. The zero-order valence-corrected chi connectivity index (χ0v) is 10.9. The molecule has 0 saturated carbocycles. The minimum Gasteiger partial charge on any atom is -0.456 e. The Morgan fingerprint density at radius 3 is 2.65 bits per heavy atom. The van der Waals surface area contributed by atoms with Crippen LogP contribution in [0.15, 0.2) is 47.1 Å². The van der Waals surface area contributed by atoms with Crippen LogP contribution in [0.5, 0.6) is 11.5 Å². The molecule has 0 aliphatic carbocycles. The Morgan fingerprint density at radius 2 is 2.06 bits per heavy atom. The summed E-state index contributed by atoms with van der Waals surface area (Å²) in [6.07, 6.45) is 1.04. The van der Waals surface area contributed by atoms with E-state index in [9.17, 15) is 5.11 Å². The Bertz CT molecular complexity index is 497. The Hall–Kier alpha value is -1.39. The Labute approximate surface area is 108 Å². The fourth-order valence-corrected chi connectivity index (χ4v) is 1.74. The van der Waals surface area contributed by atoms with Crippen LogP contribution in [0, 0.1) is 0 Å². The van der Waals surface area contributed by atoms with E-state index in [1.807, 2.05) is 24.3 Å². The summed E-state index contributed by atoms with van der Waals surface area (Å²) in [6.45, 7) is 1.68. The molecule has 0 radical (unpaired) electrons. The van der Waals surface area contributed by atoms with Gasteiger partial charge in [-0.15, -0.1) is 0 Å². The van der Waals surface area contributed by atoms with Gasteiger partial charge in [0.25, 0.3) is 0 Å². The molecule has 0 saturated heterocycles. The molecule has 1 aromatic carbocycles. The third-order valence-electron chi connectivity index (χ3n) is 2.22. The number of aromatic nitrogens is 1. The van der Waals surface area contributed by atoms with Gasteiger partial charge in [-0.2, -0.15) is 0 Å². The summed E-state index contributed by atoms with van der Waals surface area (Å²) in [7, 11) is 0. The normalized spacial score (nSPS) is 12.2. The Morgan fingerprint density at radius 1 is 1.24 bits per heavy atom. The first-order valence-electron chi connectivity index (χ1n) is 5.22. The number of benzene rings is 1. The van der Waals surface area contributed by atoms with Crippen LogP contribution >= 0.6 is 15.9 Å². The quantitative estimate of drug-likeness (QED) is 0.938. The van der Waals surface area contributed by atoms with E-state index in [0.717, 1.165) is 10.2 Å². The van der Waals surface area contributed by atoms with Gasteiger partial charge in [0.1, 0.15) is 11.5 Å². The summed E-state index contributed by atoms with van der Waals surface area (Å²) in [5.74, 6) is 1.39. The molecule has 0 unspecified atom stereocenters. The number of hydrogen-bond donors (Lipinski definition) is 1. The molecule has 0 aliphatic rings. The smallest absolute Gasteiger partial charge is 0.145 e. The fourth-order valence-electron chi connectivity index (χ4n) is 1.37. The molecule has 1 atom stereocenters. The van der Waals surface area contributed by atoms with Crippen molar-refractivity contribution in [2.45, 2.75) is 13.0 Å². The number of pyridine rings is 1. The second-order valence-corrected chi connectivity index (χ2v) is 4.57. The monoisotopic (exact) mass is 293 g/mol. The van der Waals surface area contributed by atoms with Crippen LogP contribution in [0.25, 0.3) is 0 Å². The van der Waals surface area contributed by atoms with Crippen molar-refractivity contribution < 1.29 is 9.84 Å². The Kier molecular flexibility index (Phi) is 3.76. The molecule has 0 amide bonds. The molecule has 1 aromatic heterocycles. The number of rotatable bonds is 3. The predicted molar refractivity (Wildman–Crippen MR) is 69.1 cm³/mol. The average molecular weight is 294 g/mol. The summed E-state index contributed by atoms with van der Waals surface area (Å²) < 4.78 is 6.58. The van der Waals surface area contributed by atoms with Crippen molar-refractivity contribution in [3.05, 3.63) is 52.8 Å². The summed E-state index contributed by atoms with van der Waals surface area (Å²) in [5.41, 5.74) is 0.631. The van der Waals surface area contributed by atoms with Gasteiger partial charge in [-0.25, -0.2) is 0 Å². The molecule has 4 heteroatoms. The molecule has 0 fully saturated rings. The lowest BCUT2D eigenvalue weighted by Gasteiger charge is -2.07. The summed E-state index contributed by atoms with van der Waals surface area (Å²) in [5, 5.41) is 9.33. The van der Waals surface area contributed by atoms with Gasteiger partial charge in [0.05, 0.1) is 18.0 Å². The van der Waals surface area contributed by atoms with Crippen molar-refractivity contribution in [3.63, 3.8) is 0 Å². The highest BCUT2D eigenvalue weighted by molar-refractivity contribution is 9.10. The number of ether oxygens (including phenoxy) is 1. The van der Waals surface area contributed by atoms with Crippen LogP contribution in [-0.2, 0) is 0 Å². The van der Waals surface area contributed by atoms with Crippen LogP contribution in [0.1, 0.15) is 18.7 Å². The molecule has 3 nitrogen and oxygen atoms in total. The molecule has 0 spiro atoms. The molecule has 88 valence electrons. The van der Waals surface area contributed by atoms with E-state index < -0.39 is 6.10 Å². The molecule has 2 aromatic rings. The molecular weight excluding hydrogens is 282 g/mol. The lowest BCUT2D eigenvalue weighted by Crippen LogP contribution is -1.95. The van der Waals surface area contributed by atoms with Gasteiger partial charge >= 0.3 is 0 Å². The number of nitrogens with zero attached hydrogens (tertiary/aromatic N) is 1. The topological polar surface area (TPSA) is 42.4 Å². The lowest BCUT2D eigenvalue weighted by atomic mass is 10.2. The first kappa shape index (κ1) is 12.1. The molecule has 0 bridgehead atoms. The zero-order chi connectivity index (χ0) is 12.3. The molecule has 0 aliphatic heterocycles. The van der Waals surface area contributed by atoms with E-state index in [1.54, 1.807) is 25.3 Å². The van der Waals surface area contributed by atoms with Gasteiger partial charge in [0.15, 0.2) is 0 Å². The molecule has 1 heterocycles. The zero-order valence-electron chi connectivity index (χ0n) is 9.30. The van der Waals surface area contributed by atoms with E-state index in [4.69, 9.17) is 4.74 Å². The molecule has 1 N–H and O–H groups in total. The van der Waals surface area contributed by atoms with E-state index in [0.29, 0.717) is 11.4 Å². The van der Waals surface area contributed by atoms with Gasteiger partial charge in [-0.1, -0.05) is 22.0 Å². The maximum atomic E-state index is 9.33. The second kappa shape index (κ2) is 5.29. The maximum absolute atomic E-state index is 9.33. The van der Waals surface area contributed by atoms with Crippen LogP contribution in [-0.4, -0.2) is 10.1 Å². The highest BCUT2D eigenvalue weighted by Gasteiger charge is 2.03. The van der Waals surface area contributed by atoms with E-state index in [2.05, 4.69) is 20.9 Å². The third kappa shape index (κ3) is 3.28. The maximum Gasteiger partial charge on any atom is 0.145 e. The van der Waals surface area contributed by atoms with Crippen molar-refractivity contribution in [3.8, 4) is 11.5 Å². The first-order valence-corrected chi connectivity index (χ1v) is 6.02. The highest BCUT2D eigenvalue weighted by Crippen LogP contribution is 2.24. The predicted octanol–water partition coefficient (Wildman–Crippen LogP) is 3.69. The Balaban J connectivity index is 2.14. The van der Waals surface area contributed by atoms with Crippen LogP contribution in [0.3, 0.4) is 0 Å². The van der Waals surface area contributed by atoms with Crippen molar-refractivity contribution in [2.75, 3.05) is 0 Å². The van der Waals surface area contributed by atoms with Gasteiger partial charge in [0.2, 0.25) is 0 Å². The van der Waals surface area contributed by atoms with Crippen LogP contribution in [0.2, 0.25) is 0 Å². The van der Waals surface area contributed by atoms with Gasteiger partial charge in [-0.05, 0) is 37.3 Å². The lowest BCUT2D eigenvalue weighted by molar-refractivity contribution is 0.194. The molecular formula is C13H12BrNO2. The minimum atomic E-state index is -0.560. The minimum absolute atomic E-state index is 0.560. The highest BCUT2D eigenvalue weighted by atomic mass is 79.9. The van der Waals surface area contributed by atoms with Crippen molar-refractivity contribution in [1.82, 2.24) is 4.98 Å². The van der Waals surface area contributed by atoms with E-state index in [1.165, 1.54) is 0 Å². The number of halogens is 1. The van der Waals surface area contributed by atoms with Gasteiger partial charge in [0, 0.05) is 4.47 Å². The summed E-state index contributed by atoms with van der Waals surface area (Å²) in [6, 6.07) is 11.1. The number of hydrogen-bond acceptors (Lipinski definition) is 3. The molecule has 17 heavy (non-hydrogen) atoms. The standard InChI is InChI=1S/C13H12BrNO2/c1-9(16)13-6-5-12(8-15-13)17-11-4-2-3-10(14)7-11/h2-9,16H,1H3/t9-/m1/s1. The summed E-state index contributed by atoms with van der Waals surface area (Å²) in [4.78, 5) is 4.11. The van der Waals surface area contributed by atoms with Crippen LogP contribution in [0.4, 0.5) is 0 Å².